The van der Waals surface area contributed by atoms with Gasteiger partial charge in [0.05, 0.1) is 6.10 Å². The Morgan fingerprint density at radius 1 is 1.45 bits per heavy atom. The highest BCUT2D eigenvalue weighted by atomic mass is 19.4. The van der Waals surface area contributed by atoms with Gasteiger partial charge in [-0.25, -0.2) is 0 Å². The van der Waals surface area contributed by atoms with E-state index in [4.69, 9.17) is 5.11 Å². The number of aromatic nitrogens is 1. The fraction of sp³-hybridized carbons (Fsp3) is 0.583. The van der Waals surface area contributed by atoms with Crippen LogP contribution in [-0.2, 0) is 6.54 Å². The normalized spacial score (nSPS) is 13.2. The summed E-state index contributed by atoms with van der Waals surface area (Å²) in [6, 6.07) is 2.73. The minimum atomic E-state index is -4.37. The van der Waals surface area contributed by atoms with Crippen molar-refractivity contribution in [2.45, 2.75) is 25.7 Å². The van der Waals surface area contributed by atoms with Crippen LogP contribution in [0.3, 0.4) is 0 Å². The van der Waals surface area contributed by atoms with Crippen molar-refractivity contribution in [1.29, 1.82) is 0 Å². The maximum atomic E-state index is 12.3. The molecule has 3 N–H and O–H groups in total. The monoisotopic (exact) mass is 293 g/mol. The molecule has 20 heavy (non-hydrogen) atoms. The van der Waals surface area contributed by atoms with Gasteiger partial charge in [0.25, 0.3) is 5.91 Å². The summed E-state index contributed by atoms with van der Waals surface area (Å²) in [5, 5.41) is 14.4. The molecule has 114 valence electrons. The number of aliphatic hydroxyl groups excluding tert-OH is 1. The van der Waals surface area contributed by atoms with Crippen LogP contribution in [0.1, 0.15) is 17.4 Å². The van der Waals surface area contributed by atoms with Crippen LogP contribution in [0.15, 0.2) is 18.3 Å². The first-order chi connectivity index (χ1) is 9.29. The molecule has 1 atom stereocenters. The van der Waals surface area contributed by atoms with E-state index in [1.807, 2.05) is 0 Å². The van der Waals surface area contributed by atoms with Crippen LogP contribution in [-0.4, -0.2) is 47.5 Å². The summed E-state index contributed by atoms with van der Waals surface area (Å²) >= 11 is 0. The highest BCUT2D eigenvalue weighted by molar-refractivity contribution is 5.92. The van der Waals surface area contributed by atoms with Crippen molar-refractivity contribution in [3.8, 4) is 0 Å². The van der Waals surface area contributed by atoms with Gasteiger partial charge in [0.1, 0.15) is 12.2 Å². The largest absolute Gasteiger partial charge is 0.406 e. The van der Waals surface area contributed by atoms with E-state index in [-0.39, 0.29) is 12.2 Å². The second-order valence-electron chi connectivity index (χ2n) is 4.45. The number of halogens is 3. The first-order valence-electron chi connectivity index (χ1n) is 6.18. The molecule has 1 heterocycles. The zero-order chi connectivity index (χ0) is 15.2. The average molecular weight is 293 g/mol. The minimum Gasteiger partial charge on any atom is -0.392 e. The van der Waals surface area contributed by atoms with Gasteiger partial charge in [0.2, 0.25) is 0 Å². The van der Waals surface area contributed by atoms with Gasteiger partial charge in [-0.1, -0.05) is 0 Å². The number of aliphatic hydroxyl groups is 1. The SMILES string of the molecule is CC(O)CNCCNC(=O)c1cccn1CC(F)(F)F. The molecule has 0 aromatic carbocycles. The average Bonchev–Trinajstić information content (AvgIpc) is 2.73. The third-order valence-electron chi connectivity index (χ3n) is 2.44. The zero-order valence-corrected chi connectivity index (χ0v) is 11.1. The summed E-state index contributed by atoms with van der Waals surface area (Å²) in [5.41, 5.74) is -0.0298. The summed E-state index contributed by atoms with van der Waals surface area (Å²) in [4.78, 5) is 11.7. The number of rotatable bonds is 7. The van der Waals surface area contributed by atoms with Crippen molar-refractivity contribution in [3.05, 3.63) is 24.0 Å². The Hall–Kier alpha value is -1.54. The Morgan fingerprint density at radius 2 is 2.15 bits per heavy atom. The number of amides is 1. The minimum absolute atomic E-state index is 0.0298. The molecule has 1 amide bonds. The van der Waals surface area contributed by atoms with Crippen LogP contribution < -0.4 is 10.6 Å². The van der Waals surface area contributed by atoms with E-state index >= 15 is 0 Å². The van der Waals surface area contributed by atoms with Gasteiger partial charge in [-0.3, -0.25) is 4.79 Å². The Morgan fingerprint density at radius 3 is 2.75 bits per heavy atom. The summed E-state index contributed by atoms with van der Waals surface area (Å²) in [6.07, 6.45) is -3.64. The number of carbonyl (C=O) groups is 1. The maximum Gasteiger partial charge on any atom is 0.406 e. The molecule has 0 aliphatic heterocycles. The number of alkyl halides is 3. The summed E-state index contributed by atoms with van der Waals surface area (Å²) in [6.45, 7) is 1.51. The zero-order valence-electron chi connectivity index (χ0n) is 11.1. The van der Waals surface area contributed by atoms with Crippen molar-refractivity contribution in [2.75, 3.05) is 19.6 Å². The molecule has 1 unspecified atom stereocenters. The number of hydrogen-bond acceptors (Lipinski definition) is 3. The van der Waals surface area contributed by atoms with Crippen molar-refractivity contribution in [2.24, 2.45) is 0 Å². The first kappa shape index (κ1) is 16.5. The van der Waals surface area contributed by atoms with Gasteiger partial charge in [0, 0.05) is 25.8 Å². The second-order valence-corrected chi connectivity index (χ2v) is 4.45. The Labute approximate surface area is 114 Å². The van der Waals surface area contributed by atoms with Crippen LogP contribution in [0.4, 0.5) is 13.2 Å². The van der Waals surface area contributed by atoms with Crippen molar-refractivity contribution in [1.82, 2.24) is 15.2 Å². The maximum absolute atomic E-state index is 12.3. The Bertz CT molecular complexity index is 430. The van der Waals surface area contributed by atoms with Crippen molar-refractivity contribution in [3.63, 3.8) is 0 Å². The number of hydrogen-bond donors (Lipinski definition) is 3. The van der Waals surface area contributed by atoms with E-state index in [2.05, 4.69) is 10.6 Å². The lowest BCUT2D eigenvalue weighted by Gasteiger charge is -2.12. The molecule has 0 saturated heterocycles. The topological polar surface area (TPSA) is 66.3 Å². The van der Waals surface area contributed by atoms with E-state index in [0.717, 1.165) is 4.57 Å². The fourth-order valence-corrected chi connectivity index (χ4v) is 1.62. The van der Waals surface area contributed by atoms with Crippen LogP contribution in [0, 0.1) is 0 Å². The molecule has 0 saturated carbocycles. The molecule has 0 fully saturated rings. The standard InChI is InChI=1S/C12H18F3N3O2/c1-9(19)7-16-4-5-17-11(20)10-3-2-6-18(10)8-12(13,14)15/h2-3,6,9,16,19H,4-5,7-8H2,1H3,(H,17,20). The molecule has 0 bridgehead atoms. The quantitative estimate of drug-likeness (QED) is 0.650. The Kier molecular flexibility index (Phi) is 6.03. The molecule has 5 nitrogen and oxygen atoms in total. The van der Waals surface area contributed by atoms with Gasteiger partial charge in [-0.2, -0.15) is 13.2 Å². The van der Waals surface area contributed by atoms with Gasteiger partial charge in [-0.15, -0.1) is 0 Å². The van der Waals surface area contributed by atoms with Gasteiger partial charge in [0.15, 0.2) is 0 Å². The van der Waals surface area contributed by atoms with Gasteiger partial charge in [-0.05, 0) is 19.1 Å². The third kappa shape index (κ3) is 6.07. The predicted octanol–water partition coefficient (Wildman–Crippen LogP) is 0.751. The lowest BCUT2D eigenvalue weighted by atomic mass is 10.3. The van der Waals surface area contributed by atoms with Crippen LogP contribution in [0.2, 0.25) is 0 Å². The molecule has 0 radical (unpaired) electrons. The number of nitrogens with zero attached hydrogens (tertiary/aromatic N) is 1. The fourth-order valence-electron chi connectivity index (χ4n) is 1.62. The van der Waals surface area contributed by atoms with E-state index in [1.165, 1.54) is 18.3 Å². The summed E-state index contributed by atoms with van der Waals surface area (Å²) in [5.74, 6) is -0.557. The molecule has 0 aliphatic rings. The third-order valence-corrected chi connectivity index (χ3v) is 2.44. The van der Waals surface area contributed by atoms with Crippen molar-refractivity contribution < 1.29 is 23.1 Å². The first-order valence-corrected chi connectivity index (χ1v) is 6.18. The van der Waals surface area contributed by atoms with Gasteiger partial charge < -0.3 is 20.3 Å². The second kappa shape index (κ2) is 7.30. The lowest BCUT2D eigenvalue weighted by molar-refractivity contribution is -0.140. The highest BCUT2D eigenvalue weighted by Gasteiger charge is 2.29. The summed E-state index contributed by atoms with van der Waals surface area (Å²) in [7, 11) is 0. The molecule has 0 aliphatic carbocycles. The Balaban J connectivity index is 2.42. The molecule has 1 aromatic heterocycles. The van der Waals surface area contributed by atoms with E-state index in [1.54, 1.807) is 6.92 Å². The highest BCUT2D eigenvalue weighted by Crippen LogP contribution is 2.18. The van der Waals surface area contributed by atoms with Crippen LogP contribution in [0.5, 0.6) is 0 Å². The smallest absolute Gasteiger partial charge is 0.392 e. The summed E-state index contributed by atoms with van der Waals surface area (Å²) < 4.78 is 37.8. The van der Waals surface area contributed by atoms with Gasteiger partial charge >= 0.3 is 6.18 Å². The van der Waals surface area contributed by atoms with E-state index < -0.39 is 24.7 Å². The molecular weight excluding hydrogens is 275 g/mol. The van der Waals surface area contributed by atoms with Crippen LogP contribution >= 0.6 is 0 Å². The van der Waals surface area contributed by atoms with E-state index in [9.17, 15) is 18.0 Å². The molecule has 1 rings (SSSR count). The van der Waals surface area contributed by atoms with E-state index in [0.29, 0.717) is 13.1 Å². The lowest BCUT2D eigenvalue weighted by Crippen LogP contribution is -2.35. The van der Waals surface area contributed by atoms with Crippen LogP contribution in [0.25, 0.3) is 0 Å². The predicted molar refractivity (Wildman–Crippen MR) is 67.4 cm³/mol. The van der Waals surface area contributed by atoms with Crippen molar-refractivity contribution >= 4 is 5.91 Å². The molecule has 8 heteroatoms. The number of nitrogens with one attached hydrogen (secondary N) is 2. The molecule has 1 aromatic rings. The molecular formula is C12H18F3N3O2. The number of carbonyl (C=O) groups excluding carboxylic acids is 1. The molecule has 0 spiro atoms.